The smallest absolute Gasteiger partial charge is 0.387 e. The Hall–Kier alpha value is -1.45. The van der Waals surface area contributed by atoms with Crippen LogP contribution in [-0.2, 0) is 4.79 Å². The number of carbonyl (C=O) groups is 1. The average molecular weight is 240 g/mol. The summed E-state index contributed by atoms with van der Waals surface area (Å²) in [6.45, 7) is -2.78. The van der Waals surface area contributed by atoms with Crippen molar-refractivity contribution >= 4 is 5.78 Å². The molecule has 0 radical (unpaired) electrons. The molecule has 0 spiro atoms. The SMILES string of the molecule is O=C1CCC(c2ccc(OC(F)F)cc2)CC1. The molecule has 0 atom stereocenters. The van der Waals surface area contributed by atoms with Gasteiger partial charge in [-0.25, -0.2) is 0 Å². The maximum Gasteiger partial charge on any atom is 0.387 e. The molecule has 1 saturated carbocycles. The Kier molecular flexibility index (Phi) is 3.71. The number of ether oxygens (including phenoxy) is 1. The first-order valence-electron chi connectivity index (χ1n) is 5.71. The zero-order valence-corrected chi connectivity index (χ0v) is 9.36. The van der Waals surface area contributed by atoms with E-state index in [1.807, 2.05) is 0 Å². The molecular formula is C13H14F2O2. The molecular weight excluding hydrogens is 226 g/mol. The average Bonchev–Trinajstić information content (AvgIpc) is 2.30. The van der Waals surface area contributed by atoms with Crippen molar-refractivity contribution in [2.24, 2.45) is 0 Å². The summed E-state index contributed by atoms with van der Waals surface area (Å²) in [5.74, 6) is 0.864. The van der Waals surface area contributed by atoms with Crippen LogP contribution in [0.25, 0.3) is 0 Å². The molecule has 0 aliphatic heterocycles. The van der Waals surface area contributed by atoms with E-state index in [1.165, 1.54) is 0 Å². The number of benzene rings is 1. The van der Waals surface area contributed by atoms with E-state index in [4.69, 9.17) is 0 Å². The van der Waals surface area contributed by atoms with Crippen LogP contribution in [0.4, 0.5) is 8.78 Å². The van der Waals surface area contributed by atoms with Crippen LogP contribution in [0, 0.1) is 0 Å². The van der Waals surface area contributed by atoms with Gasteiger partial charge in [0, 0.05) is 12.8 Å². The Labute approximate surface area is 98.6 Å². The zero-order chi connectivity index (χ0) is 12.3. The summed E-state index contributed by atoms with van der Waals surface area (Å²) >= 11 is 0. The lowest BCUT2D eigenvalue weighted by Crippen LogP contribution is -2.12. The minimum absolute atomic E-state index is 0.177. The highest BCUT2D eigenvalue weighted by molar-refractivity contribution is 5.79. The highest BCUT2D eigenvalue weighted by atomic mass is 19.3. The Morgan fingerprint density at radius 2 is 1.71 bits per heavy atom. The van der Waals surface area contributed by atoms with Crippen LogP contribution in [0.15, 0.2) is 24.3 Å². The van der Waals surface area contributed by atoms with Crippen LogP contribution >= 0.6 is 0 Å². The van der Waals surface area contributed by atoms with Gasteiger partial charge in [0.2, 0.25) is 0 Å². The van der Waals surface area contributed by atoms with Crippen molar-refractivity contribution in [3.8, 4) is 5.75 Å². The summed E-state index contributed by atoms with van der Waals surface area (Å²) in [7, 11) is 0. The fourth-order valence-corrected chi connectivity index (χ4v) is 2.19. The lowest BCUT2D eigenvalue weighted by molar-refractivity contribution is -0.120. The molecule has 92 valence electrons. The number of rotatable bonds is 3. The number of hydrogen-bond donors (Lipinski definition) is 0. The molecule has 0 amide bonds. The monoisotopic (exact) mass is 240 g/mol. The van der Waals surface area contributed by atoms with Crippen molar-refractivity contribution < 1.29 is 18.3 Å². The molecule has 0 heterocycles. The number of carbonyl (C=O) groups excluding carboxylic acids is 1. The maximum atomic E-state index is 12.0. The van der Waals surface area contributed by atoms with Gasteiger partial charge in [0.1, 0.15) is 11.5 Å². The molecule has 2 rings (SSSR count). The molecule has 0 aromatic heterocycles. The second-order valence-electron chi connectivity index (χ2n) is 4.26. The third kappa shape index (κ3) is 3.25. The van der Waals surface area contributed by atoms with Gasteiger partial charge in [0.15, 0.2) is 0 Å². The van der Waals surface area contributed by atoms with E-state index in [-0.39, 0.29) is 5.75 Å². The third-order valence-electron chi connectivity index (χ3n) is 3.12. The van der Waals surface area contributed by atoms with Crippen LogP contribution < -0.4 is 4.74 Å². The molecule has 0 saturated heterocycles. The summed E-state index contributed by atoms with van der Waals surface area (Å²) in [5.41, 5.74) is 1.10. The Morgan fingerprint density at radius 1 is 1.12 bits per heavy atom. The van der Waals surface area contributed by atoms with Gasteiger partial charge in [-0.1, -0.05) is 12.1 Å². The lowest BCUT2D eigenvalue weighted by atomic mass is 9.83. The maximum absolute atomic E-state index is 12.0. The quantitative estimate of drug-likeness (QED) is 0.808. The van der Waals surface area contributed by atoms with Crippen LogP contribution in [0.1, 0.15) is 37.2 Å². The summed E-state index contributed by atoms with van der Waals surface area (Å²) in [6, 6.07) is 6.71. The van der Waals surface area contributed by atoms with Crippen molar-refractivity contribution in [3.63, 3.8) is 0 Å². The van der Waals surface area contributed by atoms with Gasteiger partial charge < -0.3 is 4.74 Å². The number of halogens is 2. The molecule has 1 aromatic rings. The van der Waals surface area contributed by atoms with Gasteiger partial charge >= 0.3 is 6.61 Å². The van der Waals surface area contributed by atoms with Gasteiger partial charge in [-0.2, -0.15) is 8.78 Å². The minimum Gasteiger partial charge on any atom is -0.435 e. The highest BCUT2D eigenvalue weighted by Crippen LogP contribution is 2.32. The third-order valence-corrected chi connectivity index (χ3v) is 3.12. The van der Waals surface area contributed by atoms with Gasteiger partial charge in [-0.15, -0.1) is 0 Å². The normalized spacial score (nSPS) is 17.5. The van der Waals surface area contributed by atoms with E-state index < -0.39 is 6.61 Å². The fourth-order valence-electron chi connectivity index (χ4n) is 2.19. The van der Waals surface area contributed by atoms with Gasteiger partial charge in [-0.3, -0.25) is 4.79 Å². The molecule has 17 heavy (non-hydrogen) atoms. The van der Waals surface area contributed by atoms with E-state index in [0.29, 0.717) is 24.5 Å². The van der Waals surface area contributed by atoms with Gasteiger partial charge in [0.05, 0.1) is 0 Å². The fraction of sp³-hybridized carbons (Fsp3) is 0.462. The molecule has 0 bridgehead atoms. The van der Waals surface area contributed by atoms with Crippen molar-refractivity contribution in [1.29, 1.82) is 0 Å². The zero-order valence-electron chi connectivity index (χ0n) is 9.36. The van der Waals surface area contributed by atoms with E-state index in [0.717, 1.165) is 18.4 Å². The number of alkyl halides is 2. The topological polar surface area (TPSA) is 26.3 Å². The minimum atomic E-state index is -2.78. The molecule has 0 unspecified atom stereocenters. The first-order valence-corrected chi connectivity index (χ1v) is 5.71. The largest absolute Gasteiger partial charge is 0.435 e. The summed E-state index contributed by atoms with van der Waals surface area (Å²) in [4.78, 5) is 11.1. The van der Waals surface area contributed by atoms with E-state index in [9.17, 15) is 13.6 Å². The van der Waals surface area contributed by atoms with E-state index >= 15 is 0 Å². The molecule has 1 aromatic carbocycles. The van der Waals surface area contributed by atoms with Crippen LogP contribution in [0.2, 0.25) is 0 Å². The number of hydrogen-bond acceptors (Lipinski definition) is 2. The van der Waals surface area contributed by atoms with Crippen molar-refractivity contribution in [2.45, 2.75) is 38.2 Å². The predicted molar refractivity (Wildman–Crippen MR) is 59.3 cm³/mol. The summed E-state index contributed by atoms with van der Waals surface area (Å²) < 4.78 is 28.2. The molecule has 1 fully saturated rings. The predicted octanol–water partition coefficient (Wildman–Crippen LogP) is 3.51. The Balaban J connectivity index is 2.00. The lowest BCUT2D eigenvalue weighted by Gasteiger charge is -2.21. The number of ketones is 1. The first-order chi connectivity index (χ1) is 8.15. The summed E-state index contributed by atoms with van der Waals surface area (Å²) in [6.07, 6.45) is 2.96. The molecule has 1 aliphatic carbocycles. The first kappa shape index (κ1) is 12.0. The van der Waals surface area contributed by atoms with E-state index in [2.05, 4.69) is 4.74 Å². The highest BCUT2D eigenvalue weighted by Gasteiger charge is 2.20. The van der Waals surface area contributed by atoms with Crippen LogP contribution in [-0.4, -0.2) is 12.4 Å². The second-order valence-corrected chi connectivity index (χ2v) is 4.26. The summed E-state index contributed by atoms with van der Waals surface area (Å²) in [5, 5.41) is 0. The van der Waals surface area contributed by atoms with E-state index in [1.54, 1.807) is 24.3 Å². The molecule has 1 aliphatic rings. The molecule has 4 heteroatoms. The number of Topliss-reactive ketones (excluding diaryl/α,β-unsaturated/α-hetero) is 1. The van der Waals surface area contributed by atoms with Gasteiger partial charge in [0.25, 0.3) is 0 Å². The van der Waals surface area contributed by atoms with Crippen molar-refractivity contribution in [2.75, 3.05) is 0 Å². The van der Waals surface area contributed by atoms with Crippen LogP contribution in [0.3, 0.4) is 0 Å². The van der Waals surface area contributed by atoms with Crippen LogP contribution in [0.5, 0.6) is 5.75 Å². The standard InChI is InChI=1S/C13H14F2O2/c14-13(15)17-12-7-3-10(4-8-12)9-1-5-11(16)6-2-9/h3-4,7-9,13H,1-2,5-6H2. The Morgan fingerprint density at radius 3 is 2.24 bits per heavy atom. The Bertz CT molecular complexity index is 377. The van der Waals surface area contributed by atoms with Gasteiger partial charge in [-0.05, 0) is 36.5 Å². The molecule has 0 N–H and O–H groups in total. The second kappa shape index (κ2) is 5.25. The molecule has 2 nitrogen and oxygen atoms in total. The van der Waals surface area contributed by atoms with Crippen molar-refractivity contribution in [1.82, 2.24) is 0 Å². The van der Waals surface area contributed by atoms with Crippen molar-refractivity contribution in [3.05, 3.63) is 29.8 Å².